The van der Waals surface area contributed by atoms with Gasteiger partial charge in [0, 0.05) is 41.5 Å². The minimum absolute atomic E-state index is 0.0562. The molecule has 0 spiro atoms. The number of hydrogen-bond acceptors (Lipinski definition) is 7. The molecule has 1 aliphatic carbocycles. The Hall–Kier alpha value is -3.12. The van der Waals surface area contributed by atoms with Gasteiger partial charge in [-0.1, -0.05) is 12.5 Å². The summed E-state index contributed by atoms with van der Waals surface area (Å²) in [6.45, 7) is 4.62. The lowest BCUT2D eigenvalue weighted by atomic mass is 9.69. The van der Waals surface area contributed by atoms with Crippen molar-refractivity contribution < 1.29 is 32.2 Å². The van der Waals surface area contributed by atoms with E-state index in [0.29, 0.717) is 24.8 Å². The van der Waals surface area contributed by atoms with Crippen LogP contribution in [0.15, 0.2) is 36.8 Å². The van der Waals surface area contributed by atoms with Crippen LogP contribution in [0.5, 0.6) is 5.88 Å². The Kier molecular flexibility index (Phi) is 9.32. The van der Waals surface area contributed by atoms with Crippen LogP contribution in [-0.4, -0.2) is 69.8 Å². The molecule has 224 valence electrons. The number of ether oxygens (including phenoxy) is 3. The summed E-state index contributed by atoms with van der Waals surface area (Å²) in [5.41, 5.74) is 1.10. The van der Waals surface area contributed by atoms with E-state index in [1.807, 2.05) is 6.92 Å². The van der Waals surface area contributed by atoms with Crippen molar-refractivity contribution in [1.82, 2.24) is 19.5 Å². The molecule has 41 heavy (non-hydrogen) atoms. The monoisotopic (exact) mass is 594 g/mol. The van der Waals surface area contributed by atoms with Crippen LogP contribution in [0.2, 0.25) is 0 Å². The molecule has 0 saturated heterocycles. The average molecular weight is 595 g/mol. The number of nitrogens with zero attached hydrogens (tertiary/aromatic N) is 4. The number of pyridine rings is 2. The van der Waals surface area contributed by atoms with Gasteiger partial charge in [-0.05, 0) is 57.1 Å². The molecule has 0 N–H and O–H groups in total. The number of halogens is 3. The third-order valence-corrected chi connectivity index (χ3v) is 8.43. The lowest BCUT2D eigenvalue weighted by Crippen LogP contribution is -2.44. The van der Waals surface area contributed by atoms with Gasteiger partial charge in [-0.15, -0.1) is 0 Å². The molecule has 0 radical (unpaired) electrons. The van der Waals surface area contributed by atoms with Crippen molar-refractivity contribution in [2.24, 2.45) is 5.41 Å². The fourth-order valence-electron chi connectivity index (χ4n) is 4.43. The highest BCUT2D eigenvalue weighted by atomic mass is 32.3. The number of alkyl halides is 3. The van der Waals surface area contributed by atoms with Crippen molar-refractivity contribution >= 4 is 16.0 Å². The molecule has 1 aliphatic rings. The summed E-state index contributed by atoms with van der Waals surface area (Å²) in [5.74, 6) is 1.10. The maximum atomic E-state index is 13.4. The van der Waals surface area contributed by atoms with Crippen molar-refractivity contribution in [3.63, 3.8) is 0 Å². The van der Waals surface area contributed by atoms with Crippen molar-refractivity contribution in [3.8, 4) is 28.5 Å². The number of esters is 1. The summed E-state index contributed by atoms with van der Waals surface area (Å²) in [6.07, 6.45) is 8.49. The molecule has 1 saturated carbocycles. The summed E-state index contributed by atoms with van der Waals surface area (Å²) < 4.78 is 58.5. The van der Waals surface area contributed by atoms with E-state index in [-0.39, 0.29) is 25.1 Å². The Balaban J connectivity index is 1.48. The fourth-order valence-corrected chi connectivity index (χ4v) is 5.05. The molecule has 3 aromatic rings. The van der Waals surface area contributed by atoms with Crippen LogP contribution in [0, 0.1) is 12.3 Å². The lowest BCUT2D eigenvalue weighted by Gasteiger charge is -2.38. The Morgan fingerprint density at radius 3 is 2.46 bits per heavy atom. The van der Waals surface area contributed by atoms with E-state index in [2.05, 4.69) is 33.7 Å². The zero-order valence-electron chi connectivity index (χ0n) is 24.1. The number of rotatable bonds is 12. The number of carbonyl (C=O) groups is 1. The summed E-state index contributed by atoms with van der Waals surface area (Å²) in [5, 5.41) is 0. The SMILES string of the molecule is CCOC(=O)C1(COc2cc(C)c(-c3ccc(-c4nc(C(F)(F)F)cn4COCCS(C)(C)C)nc3)cn2)CCC1. The highest BCUT2D eigenvalue weighted by Crippen LogP contribution is 2.42. The number of imidazole rings is 1. The number of hydrogen-bond donors (Lipinski definition) is 0. The van der Waals surface area contributed by atoms with Crippen LogP contribution >= 0.6 is 10.0 Å². The lowest BCUT2D eigenvalue weighted by molar-refractivity contribution is -0.163. The maximum Gasteiger partial charge on any atom is 0.434 e. The fraction of sp³-hybridized carbons (Fsp3) is 0.517. The van der Waals surface area contributed by atoms with E-state index in [9.17, 15) is 18.0 Å². The Bertz CT molecular complexity index is 1350. The summed E-state index contributed by atoms with van der Waals surface area (Å²) in [6, 6.07) is 5.20. The molecule has 0 aliphatic heterocycles. The molecule has 3 heterocycles. The van der Waals surface area contributed by atoms with Gasteiger partial charge in [0.2, 0.25) is 5.88 Å². The van der Waals surface area contributed by atoms with Crippen LogP contribution in [-0.2, 0) is 27.2 Å². The maximum absolute atomic E-state index is 13.4. The van der Waals surface area contributed by atoms with E-state index in [1.54, 1.807) is 37.5 Å². The standard InChI is InChI=1S/C29H37F3N4O4S/c1-6-39-27(37)28(10-7-11-28)18-40-25-14-20(2)22(16-34-25)21-8-9-23(33-15-21)26-35-24(29(30,31)32)17-36(26)19-38-12-13-41(3,4)5/h8-9,14-17H,6-7,10-13,18-19H2,1-5H3. The van der Waals surface area contributed by atoms with Crippen LogP contribution in [0.1, 0.15) is 37.4 Å². The topological polar surface area (TPSA) is 88.4 Å². The van der Waals surface area contributed by atoms with Crippen molar-refractivity contribution in [1.29, 1.82) is 0 Å². The van der Waals surface area contributed by atoms with E-state index in [0.717, 1.165) is 47.9 Å². The largest absolute Gasteiger partial charge is 0.476 e. The predicted molar refractivity (Wildman–Crippen MR) is 153 cm³/mol. The summed E-state index contributed by atoms with van der Waals surface area (Å²) in [4.78, 5) is 25.0. The van der Waals surface area contributed by atoms with Gasteiger partial charge in [-0.2, -0.15) is 13.2 Å². The molecule has 0 amide bonds. The first-order valence-electron chi connectivity index (χ1n) is 13.4. The van der Waals surface area contributed by atoms with Crippen LogP contribution < -0.4 is 4.74 Å². The molecule has 4 rings (SSSR count). The normalized spacial score (nSPS) is 15.3. The minimum atomic E-state index is -4.59. The van der Waals surface area contributed by atoms with E-state index in [1.165, 1.54) is 4.57 Å². The average Bonchev–Trinajstić information content (AvgIpc) is 3.31. The van der Waals surface area contributed by atoms with Gasteiger partial charge in [0.05, 0.1) is 13.2 Å². The third-order valence-electron chi connectivity index (χ3n) is 7.04. The zero-order chi connectivity index (χ0) is 29.8. The Morgan fingerprint density at radius 1 is 1.15 bits per heavy atom. The van der Waals surface area contributed by atoms with Gasteiger partial charge in [0.25, 0.3) is 0 Å². The molecule has 0 atom stereocenters. The molecule has 3 aromatic heterocycles. The van der Waals surface area contributed by atoms with Crippen LogP contribution in [0.3, 0.4) is 0 Å². The molecule has 0 unspecified atom stereocenters. The van der Waals surface area contributed by atoms with E-state index < -0.39 is 27.3 Å². The first-order valence-corrected chi connectivity index (χ1v) is 16.5. The third kappa shape index (κ3) is 7.59. The second-order valence-electron chi connectivity index (χ2n) is 11.2. The Morgan fingerprint density at radius 2 is 1.90 bits per heavy atom. The molecule has 0 aromatic carbocycles. The van der Waals surface area contributed by atoms with Crippen LogP contribution in [0.4, 0.5) is 13.2 Å². The van der Waals surface area contributed by atoms with Crippen molar-refractivity contribution in [2.45, 2.75) is 46.0 Å². The number of aryl methyl sites for hydroxylation is 1. The van der Waals surface area contributed by atoms with Gasteiger partial charge in [-0.3, -0.25) is 9.78 Å². The number of aromatic nitrogens is 4. The molecule has 8 nitrogen and oxygen atoms in total. The molecule has 1 fully saturated rings. The predicted octanol–water partition coefficient (Wildman–Crippen LogP) is 6.11. The minimum Gasteiger partial charge on any atom is -0.476 e. The van der Waals surface area contributed by atoms with Crippen molar-refractivity contribution in [3.05, 3.63) is 48.0 Å². The summed E-state index contributed by atoms with van der Waals surface area (Å²) >= 11 is 0. The van der Waals surface area contributed by atoms with E-state index >= 15 is 0 Å². The van der Waals surface area contributed by atoms with Gasteiger partial charge in [0.1, 0.15) is 24.4 Å². The second-order valence-corrected chi connectivity index (χ2v) is 15.8. The molecular formula is C29H37F3N4O4S. The quantitative estimate of drug-likeness (QED) is 0.185. The van der Waals surface area contributed by atoms with Crippen molar-refractivity contribution in [2.75, 3.05) is 44.3 Å². The smallest absolute Gasteiger partial charge is 0.434 e. The zero-order valence-corrected chi connectivity index (χ0v) is 24.9. The molecular weight excluding hydrogens is 557 g/mol. The highest BCUT2D eigenvalue weighted by molar-refractivity contribution is 8.32. The molecule has 12 heteroatoms. The second kappa shape index (κ2) is 12.4. The Labute approximate surface area is 240 Å². The highest BCUT2D eigenvalue weighted by Gasteiger charge is 2.46. The van der Waals surface area contributed by atoms with Gasteiger partial charge < -0.3 is 18.8 Å². The number of carbonyl (C=O) groups excluding carboxylic acids is 1. The van der Waals surface area contributed by atoms with Gasteiger partial charge in [-0.25, -0.2) is 20.0 Å². The van der Waals surface area contributed by atoms with Crippen LogP contribution in [0.25, 0.3) is 22.6 Å². The first kappa shape index (κ1) is 30.8. The molecule has 0 bridgehead atoms. The van der Waals surface area contributed by atoms with E-state index in [4.69, 9.17) is 14.2 Å². The summed E-state index contributed by atoms with van der Waals surface area (Å²) in [7, 11) is -0.785. The first-order chi connectivity index (χ1) is 19.3. The van der Waals surface area contributed by atoms with Gasteiger partial charge >= 0.3 is 12.1 Å². The van der Waals surface area contributed by atoms with Gasteiger partial charge in [0.15, 0.2) is 11.5 Å².